The van der Waals surface area contributed by atoms with E-state index in [0.29, 0.717) is 31.7 Å². The fourth-order valence-electron chi connectivity index (χ4n) is 3.51. The maximum Gasteiger partial charge on any atom is 0.248 e. The van der Waals surface area contributed by atoms with E-state index in [1.165, 1.54) is 4.90 Å². The van der Waals surface area contributed by atoms with Gasteiger partial charge in [0.1, 0.15) is 12.1 Å². The molecule has 2 unspecified atom stereocenters. The van der Waals surface area contributed by atoms with Crippen LogP contribution in [-0.2, 0) is 14.4 Å². The van der Waals surface area contributed by atoms with Crippen LogP contribution < -0.4 is 15.9 Å². The lowest BCUT2D eigenvalue weighted by Crippen LogP contribution is -2.57. The molecule has 4 atom stereocenters. The molecule has 1 aliphatic heterocycles. The molecular formula is C18H31ClN4O4. The SMILES string of the molecule is CC(C)(C)[C@H](NCl)C(=O)N1CCC[C@H]1C(=O)NC(CC1CC1)C(O)C(N)=O. The fraction of sp³-hybridized carbons (Fsp3) is 0.833. The molecule has 8 nitrogen and oxygen atoms in total. The zero-order valence-electron chi connectivity index (χ0n) is 16.2. The van der Waals surface area contributed by atoms with E-state index in [1.54, 1.807) is 0 Å². The highest BCUT2D eigenvalue weighted by atomic mass is 35.5. The average Bonchev–Trinajstić information content (AvgIpc) is 3.24. The number of halogens is 1. The predicted octanol–water partition coefficient (Wildman–Crippen LogP) is 0.267. The van der Waals surface area contributed by atoms with Crippen LogP contribution in [0.2, 0.25) is 0 Å². The van der Waals surface area contributed by atoms with E-state index in [4.69, 9.17) is 17.5 Å². The lowest BCUT2D eigenvalue weighted by atomic mass is 9.86. The van der Waals surface area contributed by atoms with Crippen molar-refractivity contribution in [1.82, 2.24) is 15.1 Å². The van der Waals surface area contributed by atoms with Crippen LogP contribution in [0.15, 0.2) is 0 Å². The van der Waals surface area contributed by atoms with Crippen molar-refractivity contribution in [2.24, 2.45) is 17.1 Å². The molecule has 2 aliphatic rings. The number of amides is 3. The molecule has 9 heteroatoms. The van der Waals surface area contributed by atoms with Crippen LogP contribution in [-0.4, -0.2) is 58.5 Å². The number of likely N-dealkylation sites (tertiary alicyclic amines) is 1. The van der Waals surface area contributed by atoms with Crippen molar-refractivity contribution in [2.75, 3.05) is 6.54 Å². The largest absolute Gasteiger partial charge is 0.381 e. The molecule has 0 aromatic carbocycles. The second-order valence-electron chi connectivity index (χ2n) is 8.74. The first-order valence-corrected chi connectivity index (χ1v) is 9.88. The van der Waals surface area contributed by atoms with E-state index in [1.807, 2.05) is 20.8 Å². The summed E-state index contributed by atoms with van der Waals surface area (Å²) in [6, 6.07) is -2.01. The summed E-state index contributed by atoms with van der Waals surface area (Å²) < 4.78 is 0. The van der Waals surface area contributed by atoms with Crippen LogP contribution in [0.4, 0.5) is 0 Å². The number of aliphatic hydroxyl groups is 1. The van der Waals surface area contributed by atoms with Crippen LogP contribution in [0.25, 0.3) is 0 Å². The number of hydrogen-bond acceptors (Lipinski definition) is 5. The quantitative estimate of drug-likeness (QED) is 0.433. The lowest BCUT2D eigenvalue weighted by Gasteiger charge is -2.34. The van der Waals surface area contributed by atoms with Crippen molar-refractivity contribution in [3.8, 4) is 0 Å². The van der Waals surface area contributed by atoms with Crippen LogP contribution in [0.3, 0.4) is 0 Å². The highest BCUT2D eigenvalue weighted by molar-refractivity contribution is 6.15. The topological polar surface area (TPSA) is 125 Å². The summed E-state index contributed by atoms with van der Waals surface area (Å²) in [5.41, 5.74) is 4.80. The van der Waals surface area contributed by atoms with Gasteiger partial charge in [-0.05, 0) is 42.4 Å². The van der Waals surface area contributed by atoms with Gasteiger partial charge in [-0.3, -0.25) is 14.4 Å². The summed E-state index contributed by atoms with van der Waals surface area (Å²) >= 11 is 5.80. The maximum absolute atomic E-state index is 12.9. The van der Waals surface area contributed by atoms with Crippen molar-refractivity contribution in [3.63, 3.8) is 0 Å². The van der Waals surface area contributed by atoms with Crippen molar-refractivity contribution in [3.05, 3.63) is 0 Å². The third-order valence-corrected chi connectivity index (χ3v) is 5.56. The monoisotopic (exact) mass is 402 g/mol. The van der Waals surface area contributed by atoms with Gasteiger partial charge in [-0.15, -0.1) is 0 Å². The van der Waals surface area contributed by atoms with Crippen LogP contribution in [0.5, 0.6) is 0 Å². The first-order valence-electron chi connectivity index (χ1n) is 9.50. The van der Waals surface area contributed by atoms with Crippen LogP contribution in [0, 0.1) is 11.3 Å². The van der Waals surface area contributed by atoms with Crippen LogP contribution >= 0.6 is 11.8 Å². The first-order chi connectivity index (χ1) is 12.6. The molecule has 2 fully saturated rings. The second-order valence-corrected chi connectivity index (χ2v) is 8.96. The van der Waals surface area contributed by atoms with Crippen molar-refractivity contribution in [2.45, 2.75) is 77.1 Å². The fourth-order valence-corrected chi connectivity index (χ4v) is 3.93. The van der Waals surface area contributed by atoms with E-state index in [-0.39, 0.29) is 11.8 Å². The Balaban J connectivity index is 2.08. The summed E-state index contributed by atoms with van der Waals surface area (Å²) in [6.07, 6.45) is 2.33. The first kappa shape index (κ1) is 21.9. The highest BCUT2D eigenvalue weighted by Gasteiger charge is 2.42. The molecule has 0 radical (unpaired) electrons. The molecule has 3 amide bonds. The molecule has 0 spiro atoms. The summed E-state index contributed by atoms with van der Waals surface area (Å²) in [5, 5.41) is 12.8. The molecule has 1 saturated carbocycles. The number of carbonyl (C=O) groups excluding carboxylic acids is 3. The Hall–Kier alpha value is -1.38. The molecular weight excluding hydrogens is 372 g/mol. The molecule has 0 bridgehead atoms. The Labute approximate surface area is 165 Å². The van der Waals surface area contributed by atoms with Gasteiger partial charge in [-0.2, -0.15) is 0 Å². The predicted molar refractivity (Wildman–Crippen MR) is 101 cm³/mol. The molecule has 0 aromatic heterocycles. The van der Waals surface area contributed by atoms with E-state index in [2.05, 4.69) is 10.2 Å². The molecule has 1 saturated heterocycles. The number of nitrogens with one attached hydrogen (secondary N) is 2. The molecule has 5 N–H and O–H groups in total. The minimum atomic E-state index is -1.44. The second kappa shape index (κ2) is 8.75. The summed E-state index contributed by atoms with van der Waals surface area (Å²) in [7, 11) is 0. The van der Waals surface area contributed by atoms with Gasteiger partial charge in [0, 0.05) is 6.54 Å². The van der Waals surface area contributed by atoms with Gasteiger partial charge >= 0.3 is 0 Å². The van der Waals surface area contributed by atoms with E-state index in [9.17, 15) is 19.5 Å². The standard InChI is InChI=1S/C18H31ClN4O4/c1-18(2,3)14(22-19)17(27)23-8-4-5-12(23)16(26)21-11(9-10-6-7-10)13(24)15(20)25/h10-14,22,24H,4-9H2,1-3H3,(H2,20,25)(H,21,26)/t11?,12-,13?,14+/m0/s1. The number of primary amides is 1. The normalized spacial score (nSPS) is 23.6. The van der Waals surface area contributed by atoms with Gasteiger partial charge in [0.25, 0.3) is 0 Å². The molecule has 1 aliphatic carbocycles. The zero-order chi connectivity index (χ0) is 20.4. The minimum Gasteiger partial charge on any atom is -0.381 e. The van der Waals surface area contributed by atoms with Gasteiger partial charge in [0.2, 0.25) is 17.7 Å². The minimum absolute atomic E-state index is 0.232. The van der Waals surface area contributed by atoms with Crippen molar-refractivity contribution < 1.29 is 19.5 Å². The van der Waals surface area contributed by atoms with Gasteiger partial charge in [-0.25, -0.2) is 4.84 Å². The molecule has 2 rings (SSSR count). The van der Waals surface area contributed by atoms with Crippen molar-refractivity contribution in [1.29, 1.82) is 0 Å². The Morgan fingerprint density at radius 3 is 2.37 bits per heavy atom. The van der Waals surface area contributed by atoms with Crippen molar-refractivity contribution >= 4 is 29.5 Å². The lowest BCUT2D eigenvalue weighted by molar-refractivity contribution is -0.142. The summed E-state index contributed by atoms with van der Waals surface area (Å²) in [5.74, 6) is -1.07. The Bertz CT molecular complexity index is 576. The van der Waals surface area contributed by atoms with Gasteiger partial charge in [-0.1, -0.05) is 33.6 Å². The molecule has 0 aromatic rings. The third kappa shape index (κ3) is 5.56. The Morgan fingerprint density at radius 1 is 1.26 bits per heavy atom. The number of aliphatic hydroxyl groups excluding tert-OH is 1. The number of carbonyl (C=O) groups is 3. The molecule has 27 heavy (non-hydrogen) atoms. The average molecular weight is 403 g/mol. The van der Waals surface area contributed by atoms with Gasteiger partial charge in [0.15, 0.2) is 6.10 Å². The number of rotatable bonds is 8. The van der Waals surface area contributed by atoms with E-state index in [0.717, 1.165) is 12.8 Å². The van der Waals surface area contributed by atoms with E-state index < -0.39 is 35.6 Å². The highest BCUT2D eigenvalue weighted by Crippen LogP contribution is 2.34. The van der Waals surface area contributed by atoms with Crippen LogP contribution in [0.1, 0.15) is 52.9 Å². The Kier molecular flexibility index (Phi) is 7.10. The van der Waals surface area contributed by atoms with E-state index >= 15 is 0 Å². The number of nitrogens with two attached hydrogens (primary N) is 1. The smallest absolute Gasteiger partial charge is 0.248 e. The molecule has 1 heterocycles. The van der Waals surface area contributed by atoms with Gasteiger partial charge in [0.05, 0.1) is 6.04 Å². The third-order valence-electron chi connectivity index (χ3n) is 5.35. The summed E-state index contributed by atoms with van der Waals surface area (Å²) in [4.78, 5) is 41.2. The number of hydrogen-bond donors (Lipinski definition) is 4. The van der Waals surface area contributed by atoms with Gasteiger partial charge < -0.3 is 21.1 Å². The molecule has 154 valence electrons. The summed E-state index contributed by atoms with van der Waals surface area (Å²) in [6.45, 7) is 6.15. The maximum atomic E-state index is 12.9. The Morgan fingerprint density at radius 2 is 1.89 bits per heavy atom. The zero-order valence-corrected chi connectivity index (χ0v) is 17.0. The number of nitrogens with zero attached hydrogens (tertiary/aromatic N) is 1.